The number of fused-ring (bicyclic) bond motifs is 4. The zero-order chi connectivity index (χ0) is 26.1. The van der Waals surface area contributed by atoms with Crippen molar-refractivity contribution in [3.63, 3.8) is 0 Å². The van der Waals surface area contributed by atoms with Crippen LogP contribution < -0.4 is 15.0 Å². The number of halogens is 1. The lowest BCUT2D eigenvalue weighted by Crippen LogP contribution is -2.51. The lowest BCUT2D eigenvalue weighted by molar-refractivity contribution is 0.108. The van der Waals surface area contributed by atoms with Crippen molar-refractivity contribution in [3.05, 3.63) is 41.8 Å². The number of pyridine rings is 1. The minimum absolute atomic E-state index is 0.0779. The quantitative estimate of drug-likeness (QED) is 0.488. The summed E-state index contributed by atoms with van der Waals surface area (Å²) in [5, 5.41) is 4.37. The number of benzene rings is 1. The van der Waals surface area contributed by atoms with Crippen LogP contribution in [0.15, 0.2) is 30.5 Å². The standard InChI is InChI=1S/C31H37FN6O/c1-19-14-24(19)22-6-2-3-7-23(22)27-26(32)28-25(15-33-27)29(37-16-20-8-9-21(17-37)34-20)36-30(35-28)39-18-31-10-4-12-38(31)13-5-11-31/h2-3,6-7,15,19-21,24,34H,4-5,8-14,16-18H2,1H3/t19-,20-,21+,24-/m0/s1. The summed E-state index contributed by atoms with van der Waals surface area (Å²) in [5.41, 5.74) is 2.83. The molecule has 1 aliphatic carbocycles. The van der Waals surface area contributed by atoms with Gasteiger partial charge in [-0.3, -0.25) is 9.88 Å². The maximum atomic E-state index is 16.5. The van der Waals surface area contributed by atoms with Gasteiger partial charge < -0.3 is 15.0 Å². The minimum atomic E-state index is -0.374. The first-order chi connectivity index (χ1) is 19.1. The van der Waals surface area contributed by atoms with E-state index in [0.717, 1.165) is 56.8 Å². The highest BCUT2D eigenvalue weighted by molar-refractivity contribution is 5.92. The second kappa shape index (κ2) is 9.10. The van der Waals surface area contributed by atoms with Gasteiger partial charge in [0.05, 0.1) is 10.9 Å². The monoisotopic (exact) mass is 528 g/mol. The van der Waals surface area contributed by atoms with Crippen LogP contribution in [0.3, 0.4) is 0 Å². The van der Waals surface area contributed by atoms with Gasteiger partial charge in [0.15, 0.2) is 5.82 Å². The number of piperazine rings is 1. The summed E-state index contributed by atoms with van der Waals surface area (Å²) >= 11 is 0. The van der Waals surface area contributed by atoms with Crippen molar-refractivity contribution in [2.75, 3.05) is 37.7 Å². The van der Waals surface area contributed by atoms with E-state index < -0.39 is 0 Å². The van der Waals surface area contributed by atoms with Gasteiger partial charge in [0.25, 0.3) is 0 Å². The zero-order valence-electron chi connectivity index (χ0n) is 22.7. The molecule has 0 amide bonds. The van der Waals surface area contributed by atoms with Crippen molar-refractivity contribution in [1.29, 1.82) is 0 Å². The average Bonchev–Trinajstić information content (AvgIpc) is 3.22. The van der Waals surface area contributed by atoms with Crippen LogP contribution in [0.2, 0.25) is 0 Å². The highest BCUT2D eigenvalue weighted by Crippen LogP contribution is 2.50. The van der Waals surface area contributed by atoms with Gasteiger partial charge >= 0.3 is 6.01 Å². The molecule has 0 spiro atoms. The molecule has 8 heteroatoms. The van der Waals surface area contributed by atoms with Crippen LogP contribution in [0, 0.1) is 11.7 Å². The van der Waals surface area contributed by atoms with E-state index in [4.69, 9.17) is 19.7 Å². The Labute approximate surface area is 229 Å². The fourth-order valence-electron chi connectivity index (χ4n) is 7.94. The smallest absolute Gasteiger partial charge is 0.319 e. The van der Waals surface area contributed by atoms with Crippen LogP contribution in [-0.2, 0) is 0 Å². The van der Waals surface area contributed by atoms with E-state index in [1.807, 2.05) is 18.2 Å². The maximum Gasteiger partial charge on any atom is 0.319 e. The Morgan fingerprint density at radius 2 is 1.82 bits per heavy atom. The topological polar surface area (TPSA) is 66.4 Å². The Bertz CT molecular complexity index is 1410. The van der Waals surface area contributed by atoms with Crippen molar-refractivity contribution in [2.24, 2.45) is 5.92 Å². The first-order valence-corrected chi connectivity index (χ1v) is 14.9. The molecular formula is C31H37FN6O. The number of nitrogens with one attached hydrogen (secondary N) is 1. The third-order valence-electron chi connectivity index (χ3n) is 10.2. The van der Waals surface area contributed by atoms with Crippen LogP contribution >= 0.6 is 0 Å². The van der Waals surface area contributed by atoms with Crippen LogP contribution in [0.4, 0.5) is 10.2 Å². The molecule has 4 saturated heterocycles. The lowest BCUT2D eigenvalue weighted by atomic mass is 9.95. The van der Waals surface area contributed by atoms with E-state index in [2.05, 4.69) is 28.1 Å². The van der Waals surface area contributed by atoms with Gasteiger partial charge in [0, 0.05) is 36.9 Å². The van der Waals surface area contributed by atoms with Crippen molar-refractivity contribution < 1.29 is 9.13 Å². The van der Waals surface area contributed by atoms with Gasteiger partial charge in [-0.15, -0.1) is 0 Å². The molecule has 3 aromatic rings. The summed E-state index contributed by atoms with van der Waals surface area (Å²) in [5.74, 6) is 1.47. The largest absolute Gasteiger partial charge is 0.461 e. The third-order valence-corrected chi connectivity index (χ3v) is 10.2. The van der Waals surface area contributed by atoms with Crippen molar-refractivity contribution in [1.82, 2.24) is 25.2 Å². The molecule has 4 aliphatic heterocycles. The van der Waals surface area contributed by atoms with Gasteiger partial charge in [0.2, 0.25) is 0 Å². The van der Waals surface area contributed by atoms with Crippen molar-refractivity contribution in [2.45, 2.75) is 75.4 Å². The van der Waals surface area contributed by atoms with Gasteiger partial charge in [-0.05, 0) is 75.4 Å². The molecule has 8 rings (SSSR count). The van der Waals surface area contributed by atoms with Crippen LogP contribution in [-0.4, -0.2) is 70.3 Å². The molecule has 204 valence electrons. The molecule has 1 N–H and O–H groups in total. The summed E-state index contributed by atoms with van der Waals surface area (Å²) in [6.07, 6.45) is 9.97. The Morgan fingerprint density at radius 3 is 2.56 bits per heavy atom. The van der Waals surface area contributed by atoms with Crippen molar-refractivity contribution in [3.8, 4) is 17.3 Å². The van der Waals surface area contributed by atoms with E-state index in [1.54, 1.807) is 6.20 Å². The minimum Gasteiger partial charge on any atom is -0.461 e. The molecule has 5 aliphatic rings. The van der Waals surface area contributed by atoms with Gasteiger partial charge in [-0.1, -0.05) is 31.2 Å². The Kier molecular flexibility index (Phi) is 5.60. The molecule has 1 aromatic carbocycles. The van der Waals surface area contributed by atoms with E-state index in [0.29, 0.717) is 47.1 Å². The molecule has 0 radical (unpaired) electrons. The Morgan fingerprint density at radius 1 is 1.08 bits per heavy atom. The molecule has 2 aromatic heterocycles. The first-order valence-electron chi connectivity index (χ1n) is 14.9. The number of nitrogens with zero attached hydrogens (tertiary/aromatic N) is 5. The lowest BCUT2D eigenvalue weighted by Gasteiger charge is -2.34. The second-order valence-electron chi connectivity index (χ2n) is 12.7. The van der Waals surface area contributed by atoms with E-state index >= 15 is 4.39 Å². The summed E-state index contributed by atoms with van der Waals surface area (Å²) in [7, 11) is 0. The molecular weight excluding hydrogens is 491 g/mol. The predicted octanol–water partition coefficient (Wildman–Crippen LogP) is 4.90. The fourth-order valence-corrected chi connectivity index (χ4v) is 7.94. The number of hydrogen-bond donors (Lipinski definition) is 1. The van der Waals surface area contributed by atoms with E-state index in [-0.39, 0.29) is 17.4 Å². The van der Waals surface area contributed by atoms with Crippen LogP contribution in [0.1, 0.15) is 63.4 Å². The second-order valence-corrected chi connectivity index (χ2v) is 12.7. The summed E-state index contributed by atoms with van der Waals surface area (Å²) in [6.45, 7) is 6.80. The zero-order valence-corrected chi connectivity index (χ0v) is 22.7. The Balaban J connectivity index is 1.22. The first kappa shape index (κ1) is 24.0. The number of ether oxygens (including phenoxy) is 1. The molecule has 5 fully saturated rings. The van der Waals surface area contributed by atoms with Gasteiger partial charge in [0.1, 0.15) is 23.6 Å². The molecule has 2 bridgehead atoms. The molecule has 4 atom stereocenters. The van der Waals surface area contributed by atoms with E-state index in [1.165, 1.54) is 31.2 Å². The number of anilines is 1. The SMILES string of the molecule is C[C@H]1C[C@@H]1c1ccccc1-c1ncc2c(N3C[C@H]4CC[C@@H](C3)N4)nc(OCC34CCCN3CCC4)nc2c1F. The van der Waals surface area contributed by atoms with Crippen LogP contribution in [0.5, 0.6) is 6.01 Å². The fraction of sp³-hybridized carbons (Fsp3) is 0.581. The van der Waals surface area contributed by atoms with Crippen LogP contribution in [0.25, 0.3) is 22.2 Å². The predicted molar refractivity (Wildman–Crippen MR) is 150 cm³/mol. The average molecular weight is 529 g/mol. The molecule has 7 nitrogen and oxygen atoms in total. The highest BCUT2D eigenvalue weighted by Gasteiger charge is 2.45. The van der Waals surface area contributed by atoms with Crippen molar-refractivity contribution >= 4 is 16.7 Å². The number of aromatic nitrogens is 3. The van der Waals surface area contributed by atoms with Gasteiger partial charge in [-0.25, -0.2) is 4.39 Å². The summed E-state index contributed by atoms with van der Waals surface area (Å²) < 4.78 is 22.9. The summed E-state index contributed by atoms with van der Waals surface area (Å²) in [6, 6.07) is 9.30. The Hall–Kier alpha value is -2.84. The molecule has 39 heavy (non-hydrogen) atoms. The normalized spacial score (nSPS) is 29.2. The van der Waals surface area contributed by atoms with Gasteiger partial charge in [-0.2, -0.15) is 9.97 Å². The summed E-state index contributed by atoms with van der Waals surface area (Å²) in [4.78, 5) is 19.3. The highest BCUT2D eigenvalue weighted by atomic mass is 19.1. The van der Waals surface area contributed by atoms with E-state index in [9.17, 15) is 0 Å². The maximum absolute atomic E-state index is 16.5. The molecule has 1 saturated carbocycles. The molecule has 0 unspecified atom stereocenters. The third kappa shape index (κ3) is 4.01. The number of hydrogen-bond acceptors (Lipinski definition) is 7. The number of rotatable bonds is 6. The molecule has 6 heterocycles.